The van der Waals surface area contributed by atoms with Crippen molar-refractivity contribution in [1.29, 1.82) is 0 Å². The van der Waals surface area contributed by atoms with E-state index in [1.165, 1.54) is 19.3 Å². The second-order valence-electron chi connectivity index (χ2n) is 4.11. The quantitative estimate of drug-likeness (QED) is 0.554. The van der Waals surface area contributed by atoms with Crippen LogP contribution in [0.3, 0.4) is 0 Å². The van der Waals surface area contributed by atoms with Gasteiger partial charge in [-0.1, -0.05) is 13.3 Å². The fourth-order valence-corrected chi connectivity index (χ4v) is 1.84. The molecule has 0 amide bonds. The minimum Gasteiger partial charge on any atom is -0.0654 e. The maximum Gasteiger partial charge on any atom is 0.0661 e. The molecule has 0 aliphatic rings. The smallest absolute Gasteiger partial charge is 0.0654 e. The molecule has 1 atom stereocenters. The summed E-state index contributed by atoms with van der Waals surface area (Å²) >= 11 is 0. The summed E-state index contributed by atoms with van der Waals surface area (Å²) in [6, 6.07) is 0. The highest BCUT2D eigenvalue weighted by Crippen LogP contribution is 2.53. The Bertz CT molecular complexity index is 81.2. The second-order valence-corrected chi connectivity index (χ2v) is 9.22. The number of unbranched alkanes of at least 4 members (excludes halogenated alkanes) is 1. The summed E-state index contributed by atoms with van der Waals surface area (Å²) in [5.41, 5.74) is 0.979. The Kier molecular flexibility index (Phi) is 4.52. The summed E-state index contributed by atoms with van der Waals surface area (Å²) in [6.07, 6.45) is 4.20. The van der Waals surface area contributed by atoms with Crippen LogP contribution in [0.25, 0.3) is 0 Å². The molecule has 0 aromatic carbocycles. The van der Waals surface area contributed by atoms with Gasteiger partial charge in [0.15, 0.2) is 0 Å². The topological polar surface area (TPSA) is 0 Å². The van der Waals surface area contributed by atoms with Gasteiger partial charge in [-0.05, 0) is 19.8 Å². The standard InChI is InChI=1S/C9H22P/c1-6-7-8-9(2)10(3,4)5/h9H,6-8H2,1-5H3/q+1. The first-order chi connectivity index (χ1) is 4.48. The number of rotatable bonds is 4. The molecule has 1 unspecified atom stereocenters. The summed E-state index contributed by atoms with van der Waals surface area (Å²) in [7, 11) is -0.536. The van der Waals surface area contributed by atoms with Crippen LogP contribution in [0.15, 0.2) is 0 Å². The molecule has 0 aliphatic heterocycles. The predicted octanol–water partition coefficient (Wildman–Crippen LogP) is 3.47. The molecule has 0 saturated heterocycles. The van der Waals surface area contributed by atoms with Crippen LogP contribution in [0, 0.1) is 0 Å². The largest absolute Gasteiger partial charge is 0.0661 e. The lowest BCUT2D eigenvalue weighted by Crippen LogP contribution is -2.06. The zero-order valence-electron chi connectivity index (χ0n) is 8.15. The summed E-state index contributed by atoms with van der Waals surface area (Å²) in [5.74, 6) is 0. The number of hydrogen-bond donors (Lipinski definition) is 0. The van der Waals surface area contributed by atoms with Gasteiger partial charge in [0.2, 0.25) is 0 Å². The summed E-state index contributed by atoms with van der Waals surface area (Å²) in [6.45, 7) is 12.0. The molecule has 10 heavy (non-hydrogen) atoms. The van der Waals surface area contributed by atoms with E-state index in [2.05, 4.69) is 33.8 Å². The van der Waals surface area contributed by atoms with Crippen LogP contribution in [0.5, 0.6) is 0 Å². The highest BCUT2D eigenvalue weighted by atomic mass is 31.2. The average Bonchev–Trinajstić information content (AvgIpc) is 1.80. The van der Waals surface area contributed by atoms with Gasteiger partial charge in [0.05, 0.1) is 5.66 Å². The Balaban J connectivity index is 3.52. The second kappa shape index (κ2) is 4.34. The molecule has 0 heterocycles. The maximum atomic E-state index is 2.44. The third-order valence-corrected chi connectivity index (χ3v) is 5.20. The lowest BCUT2D eigenvalue weighted by Gasteiger charge is -2.20. The van der Waals surface area contributed by atoms with Crippen molar-refractivity contribution in [3.8, 4) is 0 Å². The molecule has 0 saturated carbocycles. The predicted molar refractivity (Wildman–Crippen MR) is 53.7 cm³/mol. The van der Waals surface area contributed by atoms with E-state index >= 15 is 0 Å². The van der Waals surface area contributed by atoms with E-state index in [0.717, 1.165) is 5.66 Å². The minimum absolute atomic E-state index is 0.536. The van der Waals surface area contributed by atoms with Crippen molar-refractivity contribution >= 4 is 7.26 Å². The Labute approximate surface area is 66.7 Å². The van der Waals surface area contributed by atoms with E-state index in [1.807, 2.05) is 0 Å². The van der Waals surface area contributed by atoms with Gasteiger partial charge in [0.25, 0.3) is 0 Å². The molecule has 0 N–H and O–H groups in total. The molecule has 0 nitrogen and oxygen atoms in total. The Morgan fingerprint density at radius 2 is 1.70 bits per heavy atom. The van der Waals surface area contributed by atoms with E-state index in [0.29, 0.717) is 0 Å². The van der Waals surface area contributed by atoms with Gasteiger partial charge in [0, 0.05) is 27.3 Å². The van der Waals surface area contributed by atoms with Gasteiger partial charge in [-0.2, -0.15) is 0 Å². The Hall–Kier alpha value is 0.430. The Morgan fingerprint density at radius 3 is 2.00 bits per heavy atom. The third kappa shape index (κ3) is 4.28. The van der Waals surface area contributed by atoms with Crippen molar-refractivity contribution in [2.45, 2.75) is 38.8 Å². The van der Waals surface area contributed by atoms with E-state index in [-0.39, 0.29) is 0 Å². The molecule has 62 valence electrons. The van der Waals surface area contributed by atoms with Crippen molar-refractivity contribution in [3.63, 3.8) is 0 Å². The first-order valence-corrected chi connectivity index (χ1v) is 7.49. The van der Waals surface area contributed by atoms with E-state index in [4.69, 9.17) is 0 Å². The molecule has 0 fully saturated rings. The molecule has 0 aliphatic carbocycles. The summed E-state index contributed by atoms with van der Waals surface area (Å²) in [4.78, 5) is 0. The molecular formula is C9H22P+. The first-order valence-electron chi connectivity index (χ1n) is 4.29. The van der Waals surface area contributed by atoms with Crippen LogP contribution in [0.1, 0.15) is 33.1 Å². The highest BCUT2D eigenvalue weighted by Gasteiger charge is 2.25. The van der Waals surface area contributed by atoms with Gasteiger partial charge in [-0.3, -0.25) is 0 Å². The van der Waals surface area contributed by atoms with Gasteiger partial charge in [-0.15, -0.1) is 0 Å². The Morgan fingerprint density at radius 1 is 1.20 bits per heavy atom. The van der Waals surface area contributed by atoms with Crippen LogP contribution in [-0.2, 0) is 0 Å². The minimum atomic E-state index is -0.536. The third-order valence-electron chi connectivity index (χ3n) is 2.30. The average molecular weight is 161 g/mol. The maximum absolute atomic E-state index is 2.44. The lowest BCUT2D eigenvalue weighted by molar-refractivity contribution is 0.705. The van der Waals surface area contributed by atoms with Gasteiger partial charge >= 0.3 is 0 Å². The summed E-state index contributed by atoms with van der Waals surface area (Å²) < 4.78 is 0. The molecule has 0 aromatic heterocycles. The number of hydrogen-bond acceptors (Lipinski definition) is 0. The van der Waals surface area contributed by atoms with Crippen LogP contribution >= 0.6 is 7.26 Å². The monoisotopic (exact) mass is 161 g/mol. The normalized spacial score (nSPS) is 15.3. The first kappa shape index (κ1) is 10.4. The van der Waals surface area contributed by atoms with E-state index in [9.17, 15) is 0 Å². The molecule has 0 spiro atoms. The van der Waals surface area contributed by atoms with Crippen LogP contribution in [0.4, 0.5) is 0 Å². The highest BCUT2D eigenvalue weighted by molar-refractivity contribution is 7.74. The molecule has 1 heteroatoms. The van der Waals surface area contributed by atoms with Crippen molar-refractivity contribution < 1.29 is 0 Å². The molecular weight excluding hydrogens is 139 g/mol. The van der Waals surface area contributed by atoms with Crippen molar-refractivity contribution in [2.24, 2.45) is 0 Å². The fourth-order valence-electron chi connectivity index (χ4n) is 0.887. The SMILES string of the molecule is CCCCC(C)[P+](C)(C)C. The van der Waals surface area contributed by atoms with Crippen molar-refractivity contribution in [1.82, 2.24) is 0 Å². The van der Waals surface area contributed by atoms with Crippen molar-refractivity contribution in [2.75, 3.05) is 20.0 Å². The van der Waals surface area contributed by atoms with Crippen LogP contribution < -0.4 is 0 Å². The summed E-state index contributed by atoms with van der Waals surface area (Å²) in [5, 5.41) is 0. The zero-order valence-corrected chi connectivity index (χ0v) is 9.04. The fraction of sp³-hybridized carbons (Fsp3) is 1.00. The van der Waals surface area contributed by atoms with E-state index in [1.54, 1.807) is 0 Å². The van der Waals surface area contributed by atoms with Crippen LogP contribution in [-0.4, -0.2) is 25.7 Å². The molecule has 0 rings (SSSR count). The van der Waals surface area contributed by atoms with Gasteiger partial charge in [0.1, 0.15) is 0 Å². The van der Waals surface area contributed by atoms with Gasteiger partial charge < -0.3 is 0 Å². The lowest BCUT2D eigenvalue weighted by atomic mass is 10.2. The molecule has 0 aromatic rings. The molecule has 0 bridgehead atoms. The van der Waals surface area contributed by atoms with Crippen LogP contribution in [0.2, 0.25) is 0 Å². The van der Waals surface area contributed by atoms with Crippen molar-refractivity contribution in [3.05, 3.63) is 0 Å². The van der Waals surface area contributed by atoms with Gasteiger partial charge in [-0.25, -0.2) is 0 Å². The zero-order chi connectivity index (χ0) is 8.20. The molecule has 0 radical (unpaired) electrons. The van der Waals surface area contributed by atoms with E-state index < -0.39 is 7.26 Å².